The molecule has 0 amide bonds. The number of nitrogens with zero attached hydrogens (tertiary/aromatic N) is 1. The van der Waals surface area contributed by atoms with Crippen LogP contribution in [0, 0.1) is 0 Å². The Hall–Kier alpha value is -1.55. The molecule has 106 valence electrons. The predicted octanol–water partition coefficient (Wildman–Crippen LogP) is 3.57. The van der Waals surface area contributed by atoms with Gasteiger partial charge >= 0.3 is 0 Å². The lowest BCUT2D eigenvalue weighted by Crippen LogP contribution is -2.03. The summed E-state index contributed by atoms with van der Waals surface area (Å²) in [6.07, 6.45) is 0.781. The summed E-state index contributed by atoms with van der Waals surface area (Å²) in [4.78, 5) is 7.96. The number of nitrogens with one attached hydrogen (secondary N) is 1. The number of H-pyrrole nitrogens is 1. The lowest BCUT2D eigenvalue weighted by molar-refractivity contribution is 0.900. The molecule has 0 atom stereocenters. The largest absolute Gasteiger partial charge is 0.342 e. The molecule has 5 heteroatoms. The van der Waals surface area contributed by atoms with Gasteiger partial charge in [-0.1, -0.05) is 42.5 Å². The second-order valence-electron chi connectivity index (χ2n) is 4.29. The van der Waals surface area contributed by atoms with Crippen molar-refractivity contribution in [3.63, 3.8) is 0 Å². The molecule has 0 radical (unpaired) electrons. The maximum atomic E-state index is 5.57. The molecule has 20 heavy (non-hydrogen) atoms. The molecule has 0 unspecified atom stereocenters. The number of halogens is 2. The zero-order chi connectivity index (χ0) is 12.4. The second kappa shape index (κ2) is 7.29. The summed E-state index contributed by atoms with van der Waals surface area (Å²) in [5.41, 5.74) is 10.0. The molecule has 0 aliphatic rings. The van der Waals surface area contributed by atoms with E-state index in [-0.39, 0.29) is 24.8 Å². The highest BCUT2D eigenvalue weighted by Gasteiger charge is 2.07. The SMILES string of the molecule is Cl.Cl.NCCc1nc2c(-c3ccccc3)cccc2[nH]1. The van der Waals surface area contributed by atoms with E-state index in [0.29, 0.717) is 6.54 Å². The molecule has 0 saturated heterocycles. The first-order valence-corrected chi connectivity index (χ1v) is 6.11. The molecular formula is C15H17Cl2N3. The quantitative estimate of drug-likeness (QED) is 0.777. The van der Waals surface area contributed by atoms with E-state index in [0.717, 1.165) is 28.8 Å². The number of benzene rings is 2. The smallest absolute Gasteiger partial charge is 0.108 e. The third-order valence-corrected chi connectivity index (χ3v) is 3.03. The molecule has 3 rings (SSSR count). The first-order chi connectivity index (χ1) is 8.88. The van der Waals surface area contributed by atoms with Crippen LogP contribution in [0.3, 0.4) is 0 Å². The normalized spacial score (nSPS) is 9.85. The monoisotopic (exact) mass is 309 g/mol. The average molecular weight is 310 g/mol. The van der Waals surface area contributed by atoms with Gasteiger partial charge in [0.1, 0.15) is 5.82 Å². The Kier molecular flexibility index (Phi) is 6.02. The van der Waals surface area contributed by atoms with E-state index >= 15 is 0 Å². The minimum Gasteiger partial charge on any atom is -0.342 e. The molecule has 1 heterocycles. The van der Waals surface area contributed by atoms with Gasteiger partial charge in [0.15, 0.2) is 0 Å². The van der Waals surface area contributed by atoms with Gasteiger partial charge in [-0.25, -0.2) is 4.98 Å². The summed E-state index contributed by atoms with van der Waals surface area (Å²) >= 11 is 0. The van der Waals surface area contributed by atoms with Crippen LogP contribution >= 0.6 is 24.8 Å². The van der Waals surface area contributed by atoms with E-state index in [9.17, 15) is 0 Å². The average Bonchev–Trinajstić information content (AvgIpc) is 2.82. The van der Waals surface area contributed by atoms with Gasteiger partial charge in [-0.15, -0.1) is 24.8 Å². The number of nitrogens with two attached hydrogens (primary N) is 1. The number of para-hydroxylation sites is 1. The Morgan fingerprint density at radius 3 is 2.40 bits per heavy atom. The molecular weight excluding hydrogens is 293 g/mol. The van der Waals surface area contributed by atoms with E-state index < -0.39 is 0 Å². The Morgan fingerprint density at radius 1 is 0.950 bits per heavy atom. The fourth-order valence-corrected chi connectivity index (χ4v) is 2.19. The number of rotatable bonds is 3. The highest BCUT2D eigenvalue weighted by molar-refractivity contribution is 5.91. The molecule has 0 aliphatic carbocycles. The summed E-state index contributed by atoms with van der Waals surface area (Å²) in [6.45, 7) is 0.612. The van der Waals surface area contributed by atoms with Crippen molar-refractivity contribution in [3.8, 4) is 11.1 Å². The summed E-state index contributed by atoms with van der Waals surface area (Å²) < 4.78 is 0. The van der Waals surface area contributed by atoms with Gasteiger partial charge in [0, 0.05) is 12.0 Å². The first-order valence-electron chi connectivity index (χ1n) is 6.11. The standard InChI is InChI=1S/C15H15N3.2ClH/c16-10-9-14-17-13-8-4-7-12(15(13)18-14)11-5-2-1-3-6-11;;/h1-8H,9-10,16H2,(H,17,18);2*1H. The van der Waals surface area contributed by atoms with Crippen LogP contribution in [0.15, 0.2) is 48.5 Å². The third kappa shape index (κ3) is 3.12. The van der Waals surface area contributed by atoms with Crippen LogP contribution in [0.2, 0.25) is 0 Å². The number of hydrogen-bond acceptors (Lipinski definition) is 2. The van der Waals surface area contributed by atoms with Crippen LogP contribution in [-0.2, 0) is 6.42 Å². The topological polar surface area (TPSA) is 54.7 Å². The lowest BCUT2D eigenvalue weighted by Gasteiger charge is -2.01. The van der Waals surface area contributed by atoms with E-state index in [1.807, 2.05) is 18.2 Å². The maximum absolute atomic E-state index is 5.57. The molecule has 3 aromatic rings. The Bertz CT molecular complexity index is 665. The van der Waals surface area contributed by atoms with Crippen molar-refractivity contribution in [2.24, 2.45) is 5.73 Å². The van der Waals surface area contributed by atoms with Crippen LogP contribution in [0.25, 0.3) is 22.2 Å². The molecule has 0 aliphatic heterocycles. The Balaban J connectivity index is 0.000001000. The van der Waals surface area contributed by atoms with Crippen molar-refractivity contribution in [1.29, 1.82) is 0 Å². The van der Waals surface area contributed by atoms with Crippen molar-refractivity contribution in [1.82, 2.24) is 9.97 Å². The second-order valence-corrected chi connectivity index (χ2v) is 4.29. The number of aromatic nitrogens is 2. The van der Waals surface area contributed by atoms with Crippen molar-refractivity contribution < 1.29 is 0 Å². The molecule has 0 saturated carbocycles. The highest BCUT2D eigenvalue weighted by Crippen LogP contribution is 2.26. The van der Waals surface area contributed by atoms with Crippen molar-refractivity contribution in [3.05, 3.63) is 54.4 Å². The van der Waals surface area contributed by atoms with E-state index in [2.05, 4.69) is 40.3 Å². The van der Waals surface area contributed by atoms with Gasteiger partial charge in [0.25, 0.3) is 0 Å². The minimum atomic E-state index is 0. The third-order valence-electron chi connectivity index (χ3n) is 3.03. The fraction of sp³-hybridized carbons (Fsp3) is 0.133. The zero-order valence-corrected chi connectivity index (χ0v) is 12.5. The van der Waals surface area contributed by atoms with E-state index in [1.54, 1.807) is 0 Å². The van der Waals surface area contributed by atoms with Gasteiger partial charge in [-0.3, -0.25) is 0 Å². The molecule has 2 aromatic carbocycles. The first kappa shape index (κ1) is 16.5. The van der Waals surface area contributed by atoms with Gasteiger partial charge in [-0.05, 0) is 18.2 Å². The molecule has 3 N–H and O–H groups in total. The number of hydrogen-bond donors (Lipinski definition) is 2. The van der Waals surface area contributed by atoms with Gasteiger partial charge in [0.2, 0.25) is 0 Å². The van der Waals surface area contributed by atoms with Gasteiger partial charge in [-0.2, -0.15) is 0 Å². The highest BCUT2D eigenvalue weighted by atomic mass is 35.5. The molecule has 0 bridgehead atoms. The van der Waals surface area contributed by atoms with Crippen LogP contribution in [0.5, 0.6) is 0 Å². The van der Waals surface area contributed by atoms with Crippen LogP contribution < -0.4 is 5.73 Å². The van der Waals surface area contributed by atoms with Crippen LogP contribution in [-0.4, -0.2) is 16.5 Å². The minimum absolute atomic E-state index is 0. The molecule has 0 fully saturated rings. The molecule has 0 spiro atoms. The van der Waals surface area contributed by atoms with Crippen molar-refractivity contribution in [2.45, 2.75) is 6.42 Å². The van der Waals surface area contributed by atoms with E-state index in [4.69, 9.17) is 5.73 Å². The fourth-order valence-electron chi connectivity index (χ4n) is 2.19. The van der Waals surface area contributed by atoms with E-state index in [1.165, 1.54) is 5.56 Å². The van der Waals surface area contributed by atoms with Crippen LogP contribution in [0.1, 0.15) is 5.82 Å². The summed E-state index contributed by atoms with van der Waals surface area (Å²) in [7, 11) is 0. The summed E-state index contributed by atoms with van der Waals surface area (Å²) in [5, 5.41) is 0. The van der Waals surface area contributed by atoms with Crippen molar-refractivity contribution >= 4 is 35.8 Å². The van der Waals surface area contributed by atoms with Gasteiger partial charge in [0.05, 0.1) is 11.0 Å². The molecule has 1 aromatic heterocycles. The van der Waals surface area contributed by atoms with Gasteiger partial charge < -0.3 is 10.7 Å². The number of imidazole rings is 1. The predicted molar refractivity (Wildman–Crippen MR) is 88.8 cm³/mol. The maximum Gasteiger partial charge on any atom is 0.108 e. The van der Waals surface area contributed by atoms with Crippen molar-refractivity contribution in [2.75, 3.05) is 6.54 Å². The lowest BCUT2D eigenvalue weighted by atomic mass is 10.0. The summed E-state index contributed by atoms with van der Waals surface area (Å²) in [5.74, 6) is 0.955. The number of aromatic amines is 1. The Morgan fingerprint density at radius 2 is 1.70 bits per heavy atom. The zero-order valence-electron chi connectivity index (χ0n) is 10.9. The number of fused-ring (bicyclic) bond motifs is 1. The molecule has 3 nitrogen and oxygen atoms in total. The Labute approximate surface area is 130 Å². The van der Waals surface area contributed by atoms with Crippen LogP contribution in [0.4, 0.5) is 0 Å². The summed E-state index contributed by atoms with van der Waals surface area (Å²) in [6, 6.07) is 16.5.